The van der Waals surface area contributed by atoms with Crippen LogP contribution < -0.4 is 5.73 Å². The smallest absolute Gasteiger partial charge is 0.217 e. The van der Waals surface area contributed by atoms with Gasteiger partial charge in [0.1, 0.15) is 0 Å². The molecule has 4 nitrogen and oxygen atoms in total. The molecule has 1 heterocycles. The van der Waals surface area contributed by atoms with Crippen molar-refractivity contribution in [2.45, 2.75) is 26.7 Å². The predicted molar refractivity (Wildman–Crippen MR) is 54.5 cm³/mol. The van der Waals surface area contributed by atoms with Crippen molar-refractivity contribution in [3.05, 3.63) is 23.4 Å². The van der Waals surface area contributed by atoms with Crippen LogP contribution in [0.2, 0.25) is 0 Å². The summed E-state index contributed by atoms with van der Waals surface area (Å²) in [5.74, 6) is -0.288. The number of nitrogens with two attached hydrogens (primary N) is 1. The maximum Gasteiger partial charge on any atom is 0.217 e. The first-order valence-corrected chi connectivity index (χ1v) is 4.61. The lowest BCUT2D eigenvalue weighted by atomic mass is 10.1. The molecule has 1 radical (unpaired) electrons. The van der Waals surface area contributed by atoms with Crippen molar-refractivity contribution in [1.82, 2.24) is 9.78 Å². The molecule has 1 rings (SSSR count). The molecule has 14 heavy (non-hydrogen) atoms. The Morgan fingerprint density at radius 2 is 2.21 bits per heavy atom. The molecule has 0 aliphatic heterocycles. The van der Waals surface area contributed by atoms with Crippen molar-refractivity contribution in [1.29, 1.82) is 0 Å². The van der Waals surface area contributed by atoms with E-state index < -0.39 is 0 Å². The molecule has 0 aliphatic carbocycles. The number of primary amides is 1. The second-order valence-corrected chi connectivity index (χ2v) is 3.44. The molecule has 77 valence electrons. The van der Waals surface area contributed by atoms with Crippen LogP contribution in [-0.2, 0) is 18.3 Å². The molecule has 0 fully saturated rings. The number of aryl methyl sites for hydroxylation is 2. The summed E-state index contributed by atoms with van der Waals surface area (Å²) >= 11 is 0. The van der Waals surface area contributed by atoms with E-state index in [0.29, 0.717) is 6.42 Å². The molecule has 1 aromatic heterocycles. The fourth-order valence-electron chi connectivity index (χ4n) is 1.47. The van der Waals surface area contributed by atoms with Gasteiger partial charge < -0.3 is 5.73 Å². The molecule has 0 atom stereocenters. The van der Waals surface area contributed by atoms with E-state index >= 15 is 0 Å². The highest BCUT2D eigenvalue weighted by Gasteiger charge is 2.08. The monoisotopic (exact) mass is 194 g/mol. The zero-order valence-corrected chi connectivity index (χ0v) is 8.87. The molecule has 0 unspecified atom stereocenters. The van der Waals surface area contributed by atoms with Crippen molar-refractivity contribution in [2.24, 2.45) is 12.8 Å². The van der Waals surface area contributed by atoms with Gasteiger partial charge in [0.05, 0.1) is 5.69 Å². The number of carbonyl (C=O) groups is 1. The Hall–Kier alpha value is -1.32. The van der Waals surface area contributed by atoms with E-state index in [9.17, 15) is 4.79 Å². The summed E-state index contributed by atoms with van der Waals surface area (Å²) in [6.07, 6.45) is 2.97. The SMILES string of the molecule is Cc1nn(C)c(C)c1C[CH]CC(N)=O. The van der Waals surface area contributed by atoms with Gasteiger partial charge in [-0.05, 0) is 32.3 Å². The Balaban J connectivity index is 2.62. The average molecular weight is 194 g/mol. The van der Waals surface area contributed by atoms with Gasteiger partial charge in [0.25, 0.3) is 0 Å². The Bertz CT molecular complexity index is 341. The summed E-state index contributed by atoms with van der Waals surface area (Å²) in [6, 6.07) is 0. The van der Waals surface area contributed by atoms with Crippen molar-refractivity contribution >= 4 is 5.91 Å². The van der Waals surface area contributed by atoms with E-state index in [0.717, 1.165) is 17.8 Å². The number of amides is 1. The number of rotatable bonds is 4. The highest BCUT2D eigenvalue weighted by Crippen LogP contribution is 2.14. The molecule has 0 saturated heterocycles. The second-order valence-electron chi connectivity index (χ2n) is 3.44. The number of nitrogens with zero attached hydrogens (tertiary/aromatic N) is 2. The van der Waals surface area contributed by atoms with Crippen molar-refractivity contribution in [3.63, 3.8) is 0 Å². The van der Waals surface area contributed by atoms with Gasteiger partial charge in [-0.1, -0.05) is 0 Å². The summed E-state index contributed by atoms with van der Waals surface area (Å²) in [5.41, 5.74) is 8.40. The molecule has 0 saturated carbocycles. The van der Waals surface area contributed by atoms with Crippen LogP contribution in [0.3, 0.4) is 0 Å². The molecule has 1 amide bonds. The van der Waals surface area contributed by atoms with Crippen LogP contribution in [0.25, 0.3) is 0 Å². The molecule has 0 bridgehead atoms. The van der Waals surface area contributed by atoms with E-state index in [-0.39, 0.29) is 5.91 Å². The van der Waals surface area contributed by atoms with Crippen molar-refractivity contribution < 1.29 is 4.79 Å². The first-order chi connectivity index (χ1) is 6.52. The lowest BCUT2D eigenvalue weighted by molar-refractivity contribution is -0.117. The second kappa shape index (κ2) is 4.26. The Morgan fingerprint density at radius 1 is 1.57 bits per heavy atom. The third-order valence-electron chi connectivity index (χ3n) is 2.35. The zero-order chi connectivity index (χ0) is 10.7. The number of hydrogen-bond donors (Lipinski definition) is 1. The summed E-state index contributed by atoms with van der Waals surface area (Å²) in [7, 11) is 1.92. The fraction of sp³-hybridized carbons (Fsp3) is 0.500. The van der Waals surface area contributed by atoms with Crippen LogP contribution in [0.1, 0.15) is 23.4 Å². The predicted octanol–water partition coefficient (Wildman–Crippen LogP) is 0.659. The fourth-order valence-corrected chi connectivity index (χ4v) is 1.47. The van der Waals surface area contributed by atoms with Crippen LogP contribution in [0.4, 0.5) is 0 Å². The van der Waals surface area contributed by atoms with E-state index in [1.807, 2.05) is 32.0 Å². The minimum absolute atomic E-state index is 0.288. The van der Waals surface area contributed by atoms with E-state index in [4.69, 9.17) is 5.73 Å². The van der Waals surface area contributed by atoms with Gasteiger partial charge >= 0.3 is 0 Å². The van der Waals surface area contributed by atoms with Crippen LogP contribution in [0.15, 0.2) is 0 Å². The first kappa shape index (κ1) is 10.8. The first-order valence-electron chi connectivity index (χ1n) is 4.61. The minimum Gasteiger partial charge on any atom is -0.370 e. The van der Waals surface area contributed by atoms with Crippen LogP contribution in [0.5, 0.6) is 0 Å². The average Bonchev–Trinajstić information content (AvgIpc) is 2.31. The minimum atomic E-state index is -0.288. The highest BCUT2D eigenvalue weighted by molar-refractivity contribution is 5.74. The Kier molecular flexibility index (Phi) is 3.28. The van der Waals surface area contributed by atoms with E-state index in [1.165, 1.54) is 5.56 Å². The lowest BCUT2D eigenvalue weighted by Crippen LogP contribution is -2.10. The summed E-state index contributed by atoms with van der Waals surface area (Å²) < 4.78 is 1.85. The highest BCUT2D eigenvalue weighted by atomic mass is 16.1. The van der Waals surface area contributed by atoms with Crippen LogP contribution in [0, 0.1) is 20.3 Å². The normalized spacial score (nSPS) is 10.5. The van der Waals surface area contributed by atoms with E-state index in [2.05, 4.69) is 5.10 Å². The molecule has 4 heteroatoms. The van der Waals surface area contributed by atoms with Crippen molar-refractivity contribution in [2.75, 3.05) is 0 Å². The third-order valence-corrected chi connectivity index (χ3v) is 2.35. The lowest BCUT2D eigenvalue weighted by Gasteiger charge is -2.00. The Morgan fingerprint density at radius 3 is 2.64 bits per heavy atom. The molecule has 2 N–H and O–H groups in total. The third kappa shape index (κ3) is 2.34. The number of aromatic nitrogens is 2. The van der Waals surface area contributed by atoms with Crippen molar-refractivity contribution in [3.8, 4) is 0 Å². The van der Waals surface area contributed by atoms with Gasteiger partial charge in [0, 0.05) is 19.2 Å². The molecular weight excluding hydrogens is 178 g/mol. The van der Waals surface area contributed by atoms with Crippen LogP contribution >= 0.6 is 0 Å². The zero-order valence-electron chi connectivity index (χ0n) is 8.87. The van der Waals surface area contributed by atoms with Gasteiger partial charge in [0.15, 0.2) is 0 Å². The quantitative estimate of drug-likeness (QED) is 0.765. The van der Waals surface area contributed by atoms with Gasteiger partial charge in [-0.3, -0.25) is 9.48 Å². The van der Waals surface area contributed by atoms with Gasteiger partial charge in [-0.15, -0.1) is 0 Å². The van der Waals surface area contributed by atoms with Gasteiger partial charge in [-0.2, -0.15) is 5.10 Å². The topological polar surface area (TPSA) is 60.9 Å². The van der Waals surface area contributed by atoms with E-state index in [1.54, 1.807) is 0 Å². The maximum absolute atomic E-state index is 10.5. The summed E-state index contributed by atoms with van der Waals surface area (Å²) in [4.78, 5) is 10.5. The molecule has 0 aliphatic rings. The molecule has 0 aromatic carbocycles. The maximum atomic E-state index is 10.5. The van der Waals surface area contributed by atoms with Crippen LogP contribution in [-0.4, -0.2) is 15.7 Å². The molecule has 0 spiro atoms. The summed E-state index contributed by atoms with van der Waals surface area (Å²) in [6.45, 7) is 3.99. The summed E-state index contributed by atoms with van der Waals surface area (Å²) in [5, 5.41) is 4.29. The largest absolute Gasteiger partial charge is 0.370 e. The molecular formula is C10H16N3O. The Labute approximate surface area is 84.1 Å². The van der Waals surface area contributed by atoms with Gasteiger partial charge in [0.2, 0.25) is 5.91 Å². The van der Waals surface area contributed by atoms with Gasteiger partial charge in [-0.25, -0.2) is 0 Å². The standard InChI is InChI=1S/C10H16N3O/c1-7-9(5-4-6-10(11)14)8(2)13(3)12-7/h4H,5-6H2,1-3H3,(H2,11,14). The number of carbonyl (C=O) groups excluding carboxylic acids is 1. The molecule has 1 aromatic rings. The number of hydrogen-bond acceptors (Lipinski definition) is 2.